The Bertz CT molecular complexity index is 1080. The molecule has 3 aromatic rings. The van der Waals surface area contributed by atoms with E-state index in [2.05, 4.69) is 106 Å². The number of anilines is 1. The minimum Gasteiger partial charge on any atom is -0.276 e. The third kappa shape index (κ3) is 5.01. The van der Waals surface area contributed by atoms with Crippen LogP contribution in [0.4, 0.5) is 11.4 Å². The number of benzene rings is 3. The Labute approximate surface area is 179 Å². The van der Waals surface area contributed by atoms with E-state index < -0.39 is 0 Å². The third-order valence-electron chi connectivity index (χ3n) is 5.14. The van der Waals surface area contributed by atoms with Gasteiger partial charge in [-0.1, -0.05) is 65.2 Å². The van der Waals surface area contributed by atoms with Crippen LogP contribution in [0.5, 0.6) is 0 Å². The van der Waals surface area contributed by atoms with Crippen LogP contribution in [0.25, 0.3) is 0 Å². The van der Waals surface area contributed by atoms with Crippen molar-refractivity contribution in [3.8, 4) is 0 Å². The number of nitrogens with zero attached hydrogens (tertiary/aromatic N) is 3. The van der Waals surface area contributed by atoms with E-state index in [-0.39, 0.29) is 0 Å². The topological polar surface area (TPSA) is 49.1 Å². The lowest BCUT2D eigenvalue weighted by molar-refractivity contribution is 1.17. The summed E-state index contributed by atoms with van der Waals surface area (Å²) in [4.78, 5) is 0. The first kappa shape index (κ1) is 21.4. The van der Waals surface area contributed by atoms with Gasteiger partial charge in [0.1, 0.15) is 0 Å². The molecule has 0 bridgehead atoms. The zero-order valence-electron chi connectivity index (χ0n) is 19.0. The standard InChI is InChI=1S/C26H30N4/c1-16-8-10-23(11-9-16)26(29-27-24-19(4)12-17(2)13-20(24)5)30-28-25-21(6)14-18(3)15-22(25)7/h8-15,27H,1-7H3/b29-26-,30-28?. The number of amidine groups is 1. The number of nitrogens with one attached hydrogen (secondary N) is 1. The Morgan fingerprint density at radius 2 is 1.13 bits per heavy atom. The van der Waals surface area contributed by atoms with Crippen LogP contribution in [0.1, 0.15) is 44.5 Å². The number of azo groups is 1. The van der Waals surface area contributed by atoms with Crippen molar-refractivity contribution < 1.29 is 0 Å². The lowest BCUT2D eigenvalue weighted by Crippen LogP contribution is -2.03. The van der Waals surface area contributed by atoms with Crippen LogP contribution in [0.15, 0.2) is 63.9 Å². The van der Waals surface area contributed by atoms with Crippen molar-refractivity contribution >= 4 is 17.2 Å². The van der Waals surface area contributed by atoms with Gasteiger partial charge in [-0.15, -0.1) is 10.2 Å². The summed E-state index contributed by atoms with van der Waals surface area (Å²) in [7, 11) is 0. The predicted molar refractivity (Wildman–Crippen MR) is 127 cm³/mol. The molecule has 0 aliphatic heterocycles. The molecular formula is C26H30N4. The van der Waals surface area contributed by atoms with E-state index in [1.165, 1.54) is 16.7 Å². The largest absolute Gasteiger partial charge is 0.276 e. The second kappa shape index (κ2) is 9.04. The molecule has 0 atom stereocenters. The molecule has 0 amide bonds. The molecule has 0 aliphatic rings. The number of hydrazone groups is 1. The maximum atomic E-state index is 4.64. The second-order valence-electron chi connectivity index (χ2n) is 8.13. The van der Waals surface area contributed by atoms with Gasteiger partial charge in [0.05, 0.1) is 11.4 Å². The van der Waals surface area contributed by atoms with Crippen LogP contribution in [0.2, 0.25) is 0 Å². The summed E-state index contributed by atoms with van der Waals surface area (Å²) >= 11 is 0. The number of rotatable bonds is 4. The fraction of sp³-hybridized carbons (Fsp3) is 0.269. The average molecular weight is 399 g/mol. The highest BCUT2D eigenvalue weighted by molar-refractivity contribution is 5.99. The van der Waals surface area contributed by atoms with E-state index in [4.69, 9.17) is 0 Å². The zero-order valence-corrected chi connectivity index (χ0v) is 19.0. The van der Waals surface area contributed by atoms with Crippen molar-refractivity contribution in [3.05, 3.63) is 93.0 Å². The maximum absolute atomic E-state index is 4.64. The van der Waals surface area contributed by atoms with Crippen molar-refractivity contribution in [3.63, 3.8) is 0 Å². The Morgan fingerprint density at radius 1 is 0.633 bits per heavy atom. The number of hydrogen-bond acceptors (Lipinski definition) is 3. The highest BCUT2D eigenvalue weighted by Crippen LogP contribution is 2.26. The Morgan fingerprint density at radius 3 is 1.67 bits per heavy atom. The van der Waals surface area contributed by atoms with Crippen LogP contribution in [0.3, 0.4) is 0 Å². The molecule has 0 heterocycles. The Hall–Kier alpha value is -3.27. The first-order valence-electron chi connectivity index (χ1n) is 10.2. The molecule has 0 aliphatic carbocycles. The number of aryl methyl sites for hydroxylation is 7. The fourth-order valence-corrected chi connectivity index (χ4v) is 3.74. The first-order valence-corrected chi connectivity index (χ1v) is 10.2. The summed E-state index contributed by atoms with van der Waals surface area (Å²) in [5, 5.41) is 13.8. The van der Waals surface area contributed by atoms with E-state index in [1.807, 2.05) is 12.1 Å². The first-order chi connectivity index (χ1) is 14.2. The lowest BCUT2D eigenvalue weighted by atomic mass is 10.1. The van der Waals surface area contributed by atoms with Crippen LogP contribution in [-0.2, 0) is 0 Å². The van der Waals surface area contributed by atoms with E-state index >= 15 is 0 Å². The van der Waals surface area contributed by atoms with Gasteiger partial charge in [0, 0.05) is 5.56 Å². The van der Waals surface area contributed by atoms with E-state index in [0.29, 0.717) is 5.84 Å². The summed E-state index contributed by atoms with van der Waals surface area (Å²) in [5.41, 5.74) is 14.2. The van der Waals surface area contributed by atoms with Crippen molar-refractivity contribution in [2.45, 2.75) is 48.5 Å². The fourth-order valence-electron chi connectivity index (χ4n) is 3.74. The van der Waals surface area contributed by atoms with Crippen molar-refractivity contribution in [2.75, 3.05) is 5.43 Å². The number of hydrogen-bond donors (Lipinski definition) is 1. The van der Waals surface area contributed by atoms with E-state index in [1.54, 1.807) is 0 Å². The summed E-state index contributed by atoms with van der Waals surface area (Å²) in [6, 6.07) is 16.7. The van der Waals surface area contributed by atoms with Crippen LogP contribution < -0.4 is 5.43 Å². The molecule has 4 heteroatoms. The third-order valence-corrected chi connectivity index (χ3v) is 5.14. The molecule has 0 radical (unpaired) electrons. The molecule has 0 saturated heterocycles. The highest BCUT2D eigenvalue weighted by Gasteiger charge is 2.08. The zero-order chi connectivity index (χ0) is 21.8. The highest BCUT2D eigenvalue weighted by atomic mass is 15.3. The minimum absolute atomic E-state index is 0.550. The molecule has 3 aromatic carbocycles. The normalized spacial score (nSPS) is 11.9. The van der Waals surface area contributed by atoms with Crippen molar-refractivity contribution in [1.29, 1.82) is 0 Å². The lowest BCUT2D eigenvalue weighted by Gasteiger charge is -2.11. The summed E-state index contributed by atoms with van der Waals surface area (Å²) in [6.07, 6.45) is 0. The summed E-state index contributed by atoms with van der Waals surface area (Å²) in [5.74, 6) is 0.550. The van der Waals surface area contributed by atoms with E-state index in [0.717, 1.165) is 39.2 Å². The molecule has 0 fully saturated rings. The molecule has 0 saturated carbocycles. The van der Waals surface area contributed by atoms with Gasteiger partial charge in [0.15, 0.2) is 0 Å². The van der Waals surface area contributed by atoms with Gasteiger partial charge in [0.2, 0.25) is 5.84 Å². The van der Waals surface area contributed by atoms with Gasteiger partial charge < -0.3 is 0 Å². The molecule has 154 valence electrons. The SMILES string of the molecule is Cc1ccc(/C(N=Nc2c(C)cc(C)cc2C)=N/Nc2c(C)cc(C)cc2C)cc1. The Balaban J connectivity index is 2.02. The molecule has 1 N–H and O–H groups in total. The second-order valence-corrected chi connectivity index (χ2v) is 8.13. The summed E-state index contributed by atoms with van der Waals surface area (Å²) < 4.78 is 0. The minimum atomic E-state index is 0.550. The summed E-state index contributed by atoms with van der Waals surface area (Å²) in [6.45, 7) is 14.6. The molecule has 0 spiro atoms. The molecular weight excluding hydrogens is 368 g/mol. The molecule has 0 aromatic heterocycles. The average Bonchev–Trinajstić information content (AvgIpc) is 2.65. The van der Waals surface area contributed by atoms with Gasteiger partial charge in [0.25, 0.3) is 0 Å². The molecule has 0 unspecified atom stereocenters. The van der Waals surface area contributed by atoms with E-state index in [9.17, 15) is 0 Å². The van der Waals surface area contributed by atoms with Gasteiger partial charge in [-0.3, -0.25) is 5.43 Å². The molecule has 3 rings (SSSR count). The smallest absolute Gasteiger partial charge is 0.201 e. The molecule has 4 nitrogen and oxygen atoms in total. The van der Waals surface area contributed by atoms with Crippen molar-refractivity contribution in [2.24, 2.45) is 15.3 Å². The maximum Gasteiger partial charge on any atom is 0.201 e. The van der Waals surface area contributed by atoms with Crippen LogP contribution >= 0.6 is 0 Å². The molecule has 30 heavy (non-hydrogen) atoms. The van der Waals surface area contributed by atoms with Crippen LogP contribution in [-0.4, -0.2) is 5.84 Å². The predicted octanol–water partition coefficient (Wildman–Crippen LogP) is 7.40. The Kier molecular flexibility index (Phi) is 6.46. The van der Waals surface area contributed by atoms with Gasteiger partial charge in [-0.2, -0.15) is 5.10 Å². The van der Waals surface area contributed by atoms with Gasteiger partial charge in [-0.25, -0.2) is 0 Å². The quantitative estimate of drug-likeness (QED) is 0.212. The van der Waals surface area contributed by atoms with Crippen LogP contribution in [0, 0.1) is 48.5 Å². The monoisotopic (exact) mass is 398 g/mol. The van der Waals surface area contributed by atoms with Gasteiger partial charge >= 0.3 is 0 Å². The van der Waals surface area contributed by atoms with Gasteiger partial charge in [-0.05, 0) is 70.7 Å². The van der Waals surface area contributed by atoms with Crippen molar-refractivity contribution in [1.82, 2.24) is 0 Å².